The highest BCUT2D eigenvalue weighted by Gasteiger charge is 2.16. The number of hydrogen-bond donors (Lipinski definition) is 2. The van der Waals surface area contributed by atoms with E-state index in [1.54, 1.807) is 0 Å². The lowest BCUT2D eigenvalue weighted by Crippen LogP contribution is -2.39. The number of nitrogens with one attached hydrogen (secondary N) is 1. The average molecular weight is 204 g/mol. The van der Waals surface area contributed by atoms with E-state index in [1.807, 2.05) is 0 Å². The van der Waals surface area contributed by atoms with Crippen LogP contribution in [0.15, 0.2) is 0 Å². The summed E-state index contributed by atoms with van der Waals surface area (Å²) in [5.74, 6) is 3.72. The van der Waals surface area contributed by atoms with Gasteiger partial charge in [-0.1, -0.05) is 11.8 Å². The fourth-order valence-corrected chi connectivity index (χ4v) is 0.761. The maximum Gasteiger partial charge on any atom is 0.327 e. The van der Waals surface area contributed by atoms with E-state index in [-0.39, 0.29) is 18.2 Å². The summed E-state index contributed by atoms with van der Waals surface area (Å²) in [4.78, 5) is 21.1. The quantitative estimate of drug-likeness (QED) is 0.509. The molecule has 1 amide bonds. The fourth-order valence-electron chi connectivity index (χ4n) is 0.667. The van der Waals surface area contributed by atoms with Crippen molar-refractivity contribution in [3.63, 3.8) is 0 Å². The van der Waals surface area contributed by atoms with Crippen LogP contribution in [-0.2, 0) is 9.59 Å². The van der Waals surface area contributed by atoms with Crippen LogP contribution in [0.25, 0.3) is 0 Å². The Balaban J connectivity index is 4.10. The highest BCUT2D eigenvalue weighted by molar-refractivity contribution is 6.19. The zero-order chi connectivity index (χ0) is 10.3. The van der Waals surface area contributed by atoms with Gasteiger partial charge < -0.3 is 10.4 Å². The van der Waals surface area contributed by atoms with Crippen molar-refractivity contribution in [1.82, 2.24) is 5.32 Å². The Kier molecular flexibility index (Phi) is 5.73. The highest BCUT2D eigenvalue weighted by atomic mass is 35.5. The summed E-state index contributed by atoms with van der Waals surface area (Å²) in [6.45, 7) is 1.25. The first-order chi connectivity index (χ1) is 6.07. The second-order valence-corrected chi connectivity index (χ2v) is 2.55. The Hall–Kier alpha value is -1.21. The van der Waals surface area contributed by atoms with Crippen LogP contribution in [0.5, 0.6) is 0 Å². The summed E-state index contributed by atoms with van der Waals surface area (Å²) in [6.07, 6.45) is 0.0711. The minimum atomic E-state index is -1.10. The number of carboxylic acids is 1. The topological polar surface area (TPSA) is 66.4 Å². The van der Waals surface area contributed by atoms with Crippen molar-refractivity contribution in [2.24, 2.45) is 0 Å². The van der Waals surface area contributed by atoms with Crippen LogP contribution in [0.3, 0.4) is 0 Å². The van der Waals surface area contributed by atoms with Gasteiger partial charge in [-0.05, 0) is 0 Å². The molecule has 72 valence electrons. The Morgan fingerprint density at radius 1 is 1.54 bits per heavy atom. The van der Waals surface area contributed by atoms with E-state index in [4.69, 9.17) is 16.7 Å². The molecule has 0 aromatic carbocycles. The molecule has 4 nitrogen and oxygen atoms in total. The van der Waals surface area contributed by atoms with Crippen molar-refractivity contribution in [2.45, 2.75) is 19.4 Å². The first kappa shape index (κ1) is 11.8. The molecule has 0 heterocycles. The second-order valence-electron chi connectivity index (χ2n) is 2.28. The van der Waals surface area contributed by atoms with Gasteiger partial charge in [-0.15, -0.1) is 11.6 Å². The number of amides is 1. The molecule has 1 atom stereocenters. The van der Waals surface area contributed by atoms with Crippen LogP contribution >= 0.6 is 11.6 Å². The van der Waals surface area contributed by atoms with E-state index in [1.165, 1.54) is 6.92 Å². The Morgan fingerprint density at radius 2 is 2.15 bits per heavy atom. The summed E-state index contributed by atoms with van der Waals surface area (Å²) in [6, 6.07) is -0.951. The van der Waals surface area contributed by atoms with Crippen molar-refractivity contribution in [1.29, 1.82) is 0 Å². The predicted molar refractivity (Wildman–Crippen MR) is 48.4 cm³/mol. The highest BCUT2D eigenvalue weighted by Crippen LogP contribution is 1.90. The lowest BCUT2D eigenvalue weighted by Gasteiger charge is -2.08. The number of alkyl halides is 1. The molecule has 1 unspecified atom stereocenters. The maximum atomic E-state index is 10.5. The van der Waals surface area contributed by atoms with E-state index in [0.717, 1.165) is 0 Å². The van der Waals surface area contributed by atoms with E-state index in [9.17, 15) is 9.59 Å². The van der Waals surface area contributed by atoms with E-state index in [2.05, 4.69) is 17.2 Å². The molecule has 2 N–H and O–H groups in total. The minimum Gasteiger partial charge on any atom is -0.480 e. The molecule has 5 heteroatoms. The third-order valence-electron chi connectivity index (χ3n) is 1.17. The lowest BCUT2D eigenvalue weighted by molar-refractivity contribution is -0.141. The van der Waals surface area contributed by atoms with Crippen LogP contribution in [0.2, 0.25) is 0 Å². The van der Waals surface area contributed by atoms with E-state index < -0.39 is 12.0 Å². The lowest BCUT2D eigenvalue weighted by atomic mass is 10.2. The molecule has 0 radical (unpaired) electrons. The molecule has 0 aliphatic rings. The monoisotopic (exact) mass is 203 g/mol. The normalized spacial score (nSPS) is 10.9. The number of halogens is 1. The van der Waals surface area contributed by atoms with Gasteiger partial charge in [0, 0.05) is 13.3 Å². The van der Waals surface area contributed by atoms with Gasteiger partial charge in [0.1, 0.15) is 6.04 Å². The Morgan fingerprint density at radius 3 is 2.54 bits per heavy atom. The van der Waals surface area contributed by atoms with Crippen molar-refractivity contribution in [2.75, 3.05) is 5.88 Å². The Labute approximate surface area is 81.3 Å². The minimum absolute atomic E-state index is 0.0711. The van der Waals surface area contributed by atoms with Gasteiger partial charge in [0.05, 0.1) is 5.88 Å². The van der Waals surface area contributed by atoms with Gasteiger partial charge in [-0.3, -0.25) is 4.79 Å². The summed E-state index contributed by atoms with van der Waals surface area (Å²) in [5, 5.41) is 10.9. The molecule has 0 fully saturated rings. The molecular weight excluding hydrogens is 194 g/mol. The SMILES string of the molecule is CC(=O)NC(CC#CCCl)C(=O)O. The number of carbonyl (C=O) groups is 2. The van der Waals surface area contributed by atoms with Crippen molar-refractivity contribution < 1.29 is 14.7 Å². The zero-order valence-electron chi connectivity index (χ0n) is 7.13. The predicted octanol–water partition coefficient (Wildman–Crippen LogP) is 0.208. The maximum absolute atomic E-state index is 10.5. The molecule has 0 bridgehead atoms. The molecule has 0 spiro atoms. The van der Waals surface area contributed by atoms with E-state index >= 15 is 0 Å². The third kappa shape index (κ3) is 6.00. The first-order valence-corrected chi connectivity index (χ1v) is 4.13. The Bertz CT molecular complexity index is 254. The largest absolute Gasteiger partial charge is 0.480 e. The van der Waals surface area contributed by atoms with Crippen molar-refractivity contribution >= 4 is 23.5 Å². The summed E-state index contributed by atoms with van der Waals surface area (Å²) in [7, 11) is 0. The summed E-state index contributed by atoms with van der Waals surface area (Å²) in [5.41, 5.74) is 0. The van der Waals surface area contributed by atoms with Crippen LogP contribution in [0.1, 0.15) is 13.3 Å². The number of rotatable bonds is 3. The molecule has 13 heavy (non-hydrogen) atoms. The van der Waals surface area contributed by atoms with Crippen LogP contribution in [0.4, 0.5) is 0 Å². The van der Waals surface area contributed by atoms with Crippen LogP contribution in [0, 0.1) is 11.8 Å². The third-order valence-corrected chi connectivity index (χ3v) is 1.31. The standard InChI is InChI=1S/C8H10ClNO3/c1-6(11)10-7(8(12)13)4-2-3-5-9/h7H,4-5H2,1H3,(H,10,11)(H,12,13). The number of carboxylic acid groups (broad SMARTS) is 1. The average Bonchev–Trinajstić information content (AvgIpc) is 2.02. The molecule has 0 saturated carbocycles. The van der Waals surface area contributed by atoms with Crippen LogP contribution < -0.4 is 5.32 Å². The molecule has 0 rings (SSSR count). The second kappa shape index (κ2) is 6.32. The smallest absolute Gasteiger partial charge is 0.327 e. The molecular formula is C8H10ClNO3. The van der Waals surface area contributed by atoms with Gasteiger partial charge >= 0.3 is 5.97 Å². The molecule has 0 aromatic heterocycles. The molecule has 0 aliphatic heterocycles. The van der Waals surface area contributed by atoms with Gasteiger partial charge in [0.25, 0.3) is 0 Å². The van der Waals surface area contributed by atoms with Crippen LogP contribution in [-0.4, -0.2) is 28.9 Å². The molecule has 0 saturated heterocycles. The summed E-state index contributed by atoms with van der Waals surface area (Å²) >= 11 is 5.26. The van der Waals surface area contributed by atoms with Gasteiger partial charge in [0.15, 0.2) is 0 Å². The number of aliphatic carboxylic acids is 1. The fraction of sp³-hybridized carbons (Fsp3) is 0.500. The molecule has 0 aliphatic carbocycles. The first-order valence-electron chi connectivity index (χ1n) is 3.59. The van der Waals surface area contributed by atoms with Crippen molar-refractivity contribution in [3.05, 3.63) is 0 Å². The zero-order valence-corrected chi connectivity index (χ0v) is 7.89. The van der Waals surface area contributed by atoms with Crippen molar-refractivity contribution in [3.8, 4) is 11.8 Å². The van der Waals surface area contributed by atoms with Gasteiger partial charge in [0.2, 0.25) is 5.91 Å². The number of hydrogen-bond acceptors (Lipinski definition) is 2. The number of carbonyl (C=O) groups excluding carboxylic acids is 1. The van der Waals surface area contributed by atoms with Gasteiger partial charge in [-0.2, -0.15) is 0 Å². The van der Waals surface area contributed by atoms with Gasteiger partial charge in [-0.25, -0.2) is 4.79 Å². The van der Waals surface area contributed by atoms with E-state index in [0.29, 0.717) is 0 Å². The summed E-state index contributed by atoms with van der Waals surface area (Å²) < 4.78 is 0. The molecule has 0 aromatic rings.